The highest BCUT2D eigenvalue weighted by Crippen LogP contribution is 2.23. The van der Waals surface area contributed by atoms with Crippen LogP contribution in [0, 0.1) is 0 Å². The zero-order valence-corrected chi connectivity index (χ0v) is 10.9. The summed E-state index contributed by atoms with van der Waals surface area (Å²) in [5.74, 6) is 0.806. The second-order valence-corrected chi connectivity index (χ2v) is 4.69. The van der Waals surface area contributed by atoms with Crippen LogP contribution in [0.1, 0.15) is 43.8 Å². The Hall–Kier alpha value is -1.50. The molecule has 2 heteroatoms. The Morgan fingerprint density at radius 3 is 2.44 bits per heavy atom. The van der Waals surface area contributed by atoms with Gasteiger partial charge in [0.15, 0.2) is 0 Å². The molecule has 1 unspecified atom stereocenters. The van der Waals surface area contributed by atoms with Crippen LogP contribution < -0.4 is 4.74 Å². The molecule has 0 aromatic heterocycles. The highest BCUT2D eigenvalue weighted by Gasteiger charge is 2.06. The Labute approximate surface area is 109 Å². The van der Waals surface area contributed by atoms with Crippen LogP contribution in [0.15, 0.2) is 41.6 Å². The average molecular weight is 244 g/mol. The predicted octanol–water partition coefficient (Wildman–Crippen LogP) is 3.77. The molecule has 0 aliphatic heterocycles. The van der Waals surface area contributed by atoms with Gasteiger partial charge in [0.05, 0.1) is 7.11 Å². The molecule has 1 fully saturated rings. The van der Waals surface area contributed by atoms with E-state index in [0.29, 0.717) is 0 Å². The molecule has 1 aromatic rings. The van der Waals surface area contributed by atoms with Crippen molar-refractivity contribution in [1.29, 1.82) is 0 Å². The molecule has 18 heavy (non-hydrogen) atoms. The number of rotatable bonds is 3. The smallest absolute Gasteiger partial charge is 0.118 e. The maximum absolute atomic E-state index is 10.0. The fraction of sp³-hybridized carbons (Fsp3) is 0.438. The summed E-state index contributed by atoms with van der Waals surface area (Å²) >= 11 is 0. The molecule has 0 amide bonds. The maximum atomic E-state index is 10.0. The number of aliphatic hydroxyl groups excluding tert-OH is 1. The van der Waals surface area contributed by atoms with E-state index in [0.717, 1.165) is 24.2 Å². The minimum Gasteiger partial charge on any atom is -0.497 e. The Morgan fingerprint density at radius 2 is 1.83 bits per heavy atom. The van der Waals surface area contributed by atoms with E-state index < -0.39 is 6.10 Å². The lowest BCUT2D eigenvalue weighted by Crippen LogP contribution is -1.94. The van der Waals surface area contributed by atoms with Gasteiger partial charge in [-0.2, -0.15) is 0 Å². The molecule has 1 atom stereocenters. The second-order valence-electron chi connectivity index (χ2n) is 4.69. The standard InChI is InChI=1S/C16H20O2/c1-18-15-10-8-14(9-11-15)16(17)12-7-13-5-3-2-4-6-13/h8-12,16-17H,2-6H2,1H3. The summed E-state index contributed by atoms with van der Waals surface area (Å²) in [7, 11) is 1.64. The number of ether oxygens (including phenoxy) is 1. The topological polar surface area (TPSA) is 29.5 Å². The van der Waals surface area contributed by atoms with Crippen LogP contribution in [0.5, 0.6) is 5.75 Å². The normalized spacial score (nSPS) is 16.9. The van der Waals surface area contributed by atoms with Crippen molar-refractivity contribution in [2.24, 2.45) is 0 Å². The summed E-state index contributed by atoms with van der Waals surface area (Å²) in [4.78, 5) is 0. The number of benzene rings is 1. The first-order chi connectivity index (χ1) is 8.79. The lowest BCUT2D eigenvalue weighted by Gasteiger charge is -2.11. The number of aliphatic hydroxyl groups is 1. The van der Waals surface area contributed by atoms with Crippen molar-refractivity contribution in [2.75, 3.05) is 7.11 Å². The first-order valence-electron chi connectivity index (χ1n) is 6.56. The van der Waals surface area contributed by atoms with Gasteiger partial charge in [0, 0.05) is 0 Å². The monoisotopic (exact) mass is 244 g/mol. The number of hydrogen-bond acceptors (Lipinski definition) is 2. The molecular weight excluding hydrogens is 224 g/mol. The van der Waals surface area contributed by atoms with Gasteiger partial charge in [-0.1, -0.05) is 18.6 Å². The van der Waals surface area contributed by atoms with E-state index in [4.69, 9.17) is 4.74 Å². The Kier molecular flexibility index (Phi) is 4.63. The summed E-state index contributed by atoms with van der Waals surface area (Å²) in [6.07, 6.45) is 7.29. The zero-order chi connectivity index (χ0) is 12.8. The van der Waals surface area contributed by atoms with E-state index >= 15 is 0 Å². The quantitative estimate of drug-likeness (QED) is 0.820. The third kappa shape index (κ3) is 3.49. The van der Waals surface area contributed by atoms with E-state index in [1.165, 1.54) is 24.8 Å². The van der Waals surface area contributed by atoms with Crippen molar-refractivity contribution in [2.45, 2.75) is 38.2 Å². The Balaban J connectivity index is 2.05. The molecule has 2 rings (SSSR count). The van der Waals surface area contributed by atoms with Gasteiger partial charge in [-0.15, -0.1) is 5.73 Å². The molecule has 0 bridgehead atoms. The van der Waals surface area contributed by atoms with Crippen LogP contribution in [0.2, 0.25) is 0 Å². The van der Waals surface area contributed by atoms with E-state index in [2.05, 4.69) is 5.73 Å². The molecule has 1 aliphatic rings. The average Bonchev–Trinajstić information content (AvgIpc) is 2.46. The molecule has 1 saturated carbocycles. The maximum Gasteiger partial charge on any atom is 0.118 e. The molecule has 1 N–H and O–H groups in total. The van der Waals surface area contributed by atoms with Gasteiger partial charge < -0.3 is 9.84 Å². The lowest BCUT2D eigenvalue weighted by atomic mass is 9.95. The van der Waals surface area contributed by atoms with Gasteiger partial charge in [0.2, 0.25) is 0 Å². The van der Waals surface area contributed by atoms with Crippen molar-refractivity contribution in [3.63, 3.8) is 0 Å². The Morgan fingerprint density at radius 1 is 1.17 bits per heavy atom. The highest BCUT2D eigenvalue weighted by molar-refractivity contribution is 5.30. The van der Waals surface area contributed by atoms with Crippen molar-refractivity contribution in [3.8, 4) is 5.75 Å². The largest absolute Gasteiger partial charge is 0.497 e. The lowest BCUT2D eigenvalue weighted by molar-refractivity contribution is 0.228. The van der Waals surface area contributed by atoms with Gasteiger partial charge in [-0.3, -0.25) is 0 Å². The van der Waals surface area contributed by atoms with Crippen LogP contribution in [0.3, 0.4) is 0 Å². The molecule has 1 aromatic carbocycles. The SMILES string of the molecule is COc1ccc(C(O)C=C=C2CCCCC2)cc1. The fourth-order valence-electron chi connectivity index (χ4n) is 2.22. The minimum atomic E-state index is -0.578. The van der Waals surface area contributed by atoms with E-state index in [9.17, 15) is 5.11 Å². The molecule has 96 valence electrons. The molecule has 0 saturated heterocycles. The molecule has 0 heterocycles. The number of hydrogen-bond donors (Lipinski definition) is 1. The fourth-order valence-corrected chi connectivity index (χ4v) is 2.22. The molecule has 0 radical (unpaired) electrons. The van der Waals surface area contributed by atoms with Gasteiger partial charge in [-0.25, -0.2) is 0 Å². The van der Waals surface area contributed by atoms with Crippen LogP contribution in [-0.2, 0) is 0 Å². The second kappa shape index (κ2) is 6.44. The molecule has 2 nitrogen and oxygen atoms in total. The zero-order valence-electron chi connectivity index (χ0n) is 10.9. The van der Waals surface area contributed by atoms with Gasteiger partial charge in [0.25, 0.3) is 0 Å². The van der Waals surface area contributed by atoms with Crippen molar-refractivity contribution < 1.29 is 9.84 Å². The van der Waals surface area contributed by atoms with Crippen LogP contribution >= 0.6 is 0 Å². The van der Waals surface area contributed by atoms with Crippen molar-refractivity contribution in [1.82, 2.24) is 0 Å². The highest BCUT2D eigenvalue weighted by atomic mass is 16.5. The van der Waals surface area contributed by atoms with Gasteiger partial charge >= 0.3 is 0 Å². The van der Waals surface area contributed by atoms with Gasteiger partial charge in [-0.05, 0) is 55.0 Å². The van der Waals surface area contributed by atoms with Crippen molar-refractivity contribution >= 4 is 0 Å². The van der Waals surface area contributed by atoms with E-state index in [1.54, 1.807) is 13.2 Å². The summed E-state index contributed by atoms with van der Waals surface area (Å²) in [5.41, 5.74) is 5.48. The summed E-state index contributed by atoms with van der Waals surface area (Å²) < 4.78 is 5.09. The minimum absolute atomic E-state index is 0.578. The molecular formula is C16H20O2. The number of methoxy groups -OCH3 is 1. The van der Waals surface area contributed by atoms with Crippen LogP contribution in [0.4, 0.5) is 0 Å². The van der Waals surface area contributed by atoms with Crippen molar-refractivity contribution in [3.05, 3.63) is 47.2 Å². The summed E-state index contributed by atoms with van der Waals surface area (Å²) in [5, 5.41) is 10.0. The third-order valence-corrected chi connectivity index (χ3v) is 3.36. The van der Waals surface area contributed by atoms with E-state index in [1.807, 2.05) is 24.3 Å². The first kappa shape index (κ1) is 12.9. The summed E-state index contributed by atoms with van der Waals surface area (Å²) in [6.45, 7) is 0. The first-order valence-corrected chi connectivity index (χ1v) is 6.56. The predicted molar refractivity (Wildman–Crippen MR) is 72.6 cm³/mol. The van der Waals surface area contributed by atoms with Gasteiger partial charge in [0.1, 0.15) is 11.9 Å². The molecule has 0 spiro atoms. The molecule has 1 aliphatic carbocycles. The Bertz CT molecular complexity index is 431. The third-order valence-electron chi connectivity index (χ3n) is 3.36. The van der Waals surface area contributed by atoms with Crippen LogP contribution in [0.25, 0.3) is 0 Å². The summed E-state index contributed by atoms with van der Waals surface area (Å²) in [6, 6.07) is 7.49. The van der Waals surface area contributed by atoms with Crippen LogP contribution in [-0.4, -0.2) is 12.2 Å². The van der Waals surface area contributed by atoms with E-state index in [-0.39, 0.29) is 0 Å².